The van der Waals surface area contributed by atoms with Gasteiger partial charge < -0.3 is 30.0 Å². The number of carbonyl (C=O) groups is 1. The lowest BCUT2D eigenvalue weighted by Crippen LogP contribution is -2.39. The van der Waals surface area contributed by atoms with Crippen LogP contribution in [0.3, 0.4) is 0 Å². The summed E-state index contributed by atoms with van der Waals surface area (Å²) in [6, 6.07) is 0.0437. The molecule has 162 valence electrons. The average Bonchev–Trinajstić information content (AvgIpc) is 3.06. The predicted molar refractivity (Wildman–Crippen MR) is 102 cm³/mol. The quantitative estimate of drug-likeness (QED) is 0.381. The van der Waals surface area contributed by atoms with Crippen molar-refractivity contribution < 1.29 is 24.5 Å². The number of ether oxygens (including phenoxy) is 2. The topological polar surface area (TPSA) is 179 Å². The third kappa shape index (κ3) is 4.67. The van der Waals surface area contributed by atoms with E-state index in [1.807, 2.05) is 0 Å². The number of aromatic amines is 1. The smallest absolute Gasteiger partial charge is 0.330 e. The lowest BCUT2D eigenvalue weighted by Gasteiger charge is -2.18. The summed E-state index contributed by atoms with van der Waals surface area (Å²) in [6.45, 7) is 1.19. The number of hydrogen-bond acceptors (Lipinski definition) is 9. The molecule has 2 aromatic heterocycles. The van der Waals surface area contributed by atoms with Gasteiger partial charge in [0, 0.05) is 43.2 Å². The highest BCUT2D eigenvalue weighted by Gasteiger charge is 2.36. The van der Waals surface area contributed by atoms with Gasteiger partial charge in [-0.2, -0.15) is 0 Å². The molecule has 0 aromatic carbocycles. The molecule has 4 atom stereocenters. The fraction of sp³-hybridized carbons (Fsp3) is 0.444. The summed E-state index contributed by atoms with van der Waals surface area (Å²) in [5, 5.41) is 19.6. The van der Waals surface area contributed by atoms with Crippen molar-refractivity contribution >= 4 is 5.97 Å². The second-order valence-corrected chi connectivity index (χ2v) is 7.04. The highest BCUT2D eigenvalue weighted by molar-refractivity contribution is 5.75. The Morgan fingerprint density at radius 1 is 1.40 bits per heavy atom. The van der Waals surface area contributed by atoms with E-state index < -0.39 is 52.9 Å². The third-order valence-corrected chi connectivity index (χ3v) is 4.72. The number of aromatic hydroxyl groups is 1. The molecule has 0 unspecified atom stereocenters. The summed E-state index contributed by atoms with van der Waals surface area (Å²) in [4.78, 5) is 48.9. The zero-order chi connectivity index (χ0) is 22.0. The summed E-state index contributed by atoms with van der Waals surface area (Å²) < 4.78 is 13.3. The molecule has 0 bridgehead atoms. The first-order chi connectivity index (χ1) is 14.2. The summed E-state index contributed by atoms with van der Waals surface area (Å²) in [5.74, 6) is -1.25. The number of nitrogens with one attached hydrogen (secondary N) is 1. The molecular weight excluding hydrogens is 400 g/mol. The number of rotatable bonds is 6. The molecule has 1 fully saturated rings. The van der Waals surface area contributed by atoms with Crippen LogP contribution in [0.4, 0.5) is 0 Å². The van der Waals surface area contributed by atoms with Crippen molar-refractivity contribution in [3.63, 3.8) is 0 Å². The van der Waals surface area contributed by atoms with Crippen molar-refractivity contribution in [2.45, 2.75) is 44.4 Å². The van der Waals surface area contributed by atoms with Gasteiger partial charge in [-0.1, -0.05) is 0 Å². The summed E-state index contributed by atoms with van der Waals surface area (Å²) >= 11 is 0. The van der Waals surface area contributed by atoms with E-state index in [1.54, 1.807) is 0 Å². The fourth-order valence-electron chi connectivity index (χ4n) is 3.03. The molecule has 30 heavy (non-hydrogen) atoms. The number of carbonyl (C=O) groups excluding carboxylic acids is 1. The zero-order valence-electron chi connectivity index (χ0n) is 16.1. The Morgan fingerprint density at radius 3 is 2.83 bits per heavy atom. The monoisotopic (exact) mass is 422 g/mol. The van der Waals surface area contributed by atoms with Crippen molar-refractivity contribution in [3.05, 3.63) is 61.3 Å². The number of aliphatic hydroxyl groups is 1. The molecule has 0 spiro atoms. The van der Waals surface area contributed by atoms with E-state index in [-0.39, 0.29) is 19.6 Å². The number of aliphatic hydroxyl groups excluding tert-OH is 1. The maximum absolute atomic E-state index is 12.1. The van der Waals surface area contributed by atoms with Crippen LogP contribution in [0.5, 0.6) is 5.75 Å². The van der Waals surface area contributed by atoms with Crippen LogP contribution in [-0.4, -0.2) is 55.2 Å². The Labute approximate surface area is 169 Å². The maximum Gasteiger partial charge on any atom is 0.330 e. The highest BCUT2D eigenvalue weighted by atomic mass is 16.6. The number of nitrogens with two attached hydrogens (primary N) is 1. The molecule has 3 heterocycles. The van der Waals surface area contributed by atoms with Gasteiger partial charge in [-0.3, -0.25) is 23.9 Å². The van der Waals surface area contributed by atoms with Gasteiger partial charge in [0.1, 0.15) is 25.0 Å². The number of nitrogens with zero attached hydrogens (tertiary/aromatic N) is 2. The average molecular weight is 422 g/mol. The van der Waals surface area contributed by atoms with Crippen molar-refractivity contribution in [2.24, 2.45) is 5.73 Å². The SMILES string of the molecule is Cc1cn([C@H]2C[C@H](O)[C@@H](COC(=O)[C@@H](N)Cn3ccc(=O)c(O)c3)O2)c(=O)[nH]c1=O. The molecule has 0 radical (unpaired) electrons. The molecule has 0 amide bonds. The Balaban J connectivity index is 1.57. The highest BCUT2D eigenvalue weighted by Crippen LogP contribution is 2.27. The molecule has 12 nitrogen and oxygen atoms in total. The van der Waals surface area contributed by atoms with Crippen LogP contribution in [0.25, 0.3) is 0 Å². The first kappa shape index (κ1) is 21.5. The number of aryl methyl sites for hydroxylation is 1. The van der Waals surface area contributed by atoms with E-state index in [9.17, 15) is 29.4 Å². The van der Waals surface area contributed by atoms with Crippen molar-refractivity contribution in [1.29, 1.82) is 0 Å². The van der Waals surface area contributed by atoms with Gasteiger partial charge in [0.25, 0.3) is 5.56 Å². The second kappa shape index (κ2) is 8.65. The predicted octanol–water partition coefficient (Wildman–Crippen LogP) is -2.07. The van der Waals surface area contributed by atoms with Gasteiger partial charge in [-0.25, -0.2) is 4.79 Å². The number of hydrogen-bond donors (Lipinski definition) is 4. The minimum atomic E-state index is -1.09. The number of H-pyrrole nitrogens is 1. The number of pyridine rings is 1. The Bertz CT molecular complexity index is 1100. The van der Waals surface area contributed by atoms with Crippen LogP contribution in [-0.2, 0) is 20.8 Å². The van der Waals surface area contributed by atoms with Gasteiger partial charge in [-0.05, 0) is 6.92 Å². The minimum Gasteiger partial charge on any atom is -0.503 e. The largest absolute Gasteiger partial charge is 0.503 e. The molecule has 3 rings (SSSR count). The molecule has 2 aromatic rings. The van der Waals surface area contributed by atoms with E-state index in [0.717, 1.165) is 16.8 Å². The summed E-state index contributed by atoms with van der Waals surface area (Å²) in [7, 11) is 0. The van der Waals surface area contributed by atoms with Gasteiger partial charge in [0.05, 0.1) is 6.10 Å². The van der Waals surface area contributed by atoms with Crippen molar-refractivity contribution in [3.8, 4) is 5.75 Å². The summed E-state index contributed by atoms with van der Waals surface area (Å²) in [6.07, 6.45) is 1.20. The molecule has 1 aliphatic heterocycles. The van der Waals surface area contributed by atoms with Gasteiger partial charge >= 0.3 is 11.7 Å². The van der Waals surface area contributed by atoms with Crippen molar-refractivity contribution in [2.75, 3.05) is 6.61 Å². The van der Waals surface area contributed by atoms with Crippen LogP contribution >= 0.6 is 0 Å². The Kier molecular flexibility index (Phi) is 6.20. The van der Waals surface area contributed by atoms with Crippen LogP contribution < -0.4 is 22.4 Å². The first-order valence-electron chi connectivity index (χ1n) is 9.12. The normalized spacial score (nSPS) is 22.0. The Morgan fingerprint density at radius 2 is 2.13 bits per heavy atom. The lowest BCUT2D eigenvalue weighted by molar-refractivity contribution is -0.152. The van der Waals surface area contributed by atoms with E-state index in [4.69, 9.17) is 15.2 Å². The second-order valence-electron chi connectivity index (χ2n) is 7.04. The minimum absolute atomic E-state index is 0.0462. The molecule has 12 heteroatoms. The van der Waals surface area contributed by atoms with Crippen molar-refractivity contribution in [1.82, 2.24) is 14.1 Å². The summed E-state index contributed by atoms with van der Waals surface area (Å²) in [5.41, 5.74) is 4.36. The van der Waals surface area contributed by atoms with Crippen LogP contribution in [0.15, 0.2) is 39.0 Å². The van der Waals surface area contributed by atoms with Crippen LogP contribution in [0, 0.1) is 6.92 Å². The molecule has 0 saturated carbocycles. The van der Waals surface area contributed by atoms with E-state index in [0.29, 0.717) is 5.56 Å². The maximum atomic E-state index is 12.1. The number of esters is 1. The molecular formula is C18H22N4O8. The zero-order valence-corrected chi connectivity index (χ0v) is 16.1. The molecule has 0 aliphatic carbocycles. The van der Waals surface area contributed by atoms with E-state index in [2.05, 4.69) is 4.98 Å². The van der Waals surface area contributed by atoms with E-state index in [1.165, 1.54) is 23.9 Å². The van der Waals surface area contributed by atoms with Crippen LogP contribution in [0.1, 0.15) is 18.2 Å². The molecule has 5 N–H and O–H groups in total. The van der Waals surface area contributed by atoms with Gasteiger partial charge in [0.15, 0.2) is 5.75 Å². The first-order valence-corrected chi connectivity index (χ1v) is 9.12. The fourth-order valence-corrected chi connectivity index (χ4v) is 3.03. The number of aromatic nitrogens is 3. The van der Waals surface area contributed by atoms with Crippen LogP contribution in [0.2, 0.25) is 0 Å². The molecule has 1 aliphatic rings. The standard InChI is InChI=1S/C18H22N4O8/c1-9-5-22(18(28)20-16(9)26)15-4-12(24)14(30-15)8-29-17(27)10(19)6-21-3-2-11(23)13(25)7-21/h2-3,5,7,10,12,14-15,24-25H,4,6,8,19H2,1H3,(H,20,26,28)/t10-,12-,14+,15+/m0/s1. The van der Waals surface area contributed by atoms with Gasteiger partial charge in [0.2, 0.25) is 5.43 Å². The van der Waals surface area contributed by atoms with E-state index >= 15 is 0 Å². The Hall–Kier alpha value is -3.22. The third-order valence-electron chi connectivity index (χ3n) is 4.72. The van der Waals surface area contributed by atoms with Gasteiger partial charge in [-0.15, -0.1) is 0 Å². The lowest BCUT2D eigenvalue weighted by atomic mass is 10.2. The molecule has 1 saturated heterocycles.